The SMILES string of the molecule is Cc1cn([C@H]2C[C@H](O)[C@@H](COP(=O)(O)OP(=O)(O)O[C@H]3C[C@@H](O)[C@H](O)[C@@H](CO)O3)O2)c(=O)[nH]c1=O. The van der Waals surface area contributed by atoms with Gasteiger partial charge in [-0.25, -0.2) is 13.9 Å². The molecule has 1 aromatic rings. The Bertz CT molecular complexity index is 1110. The van der Waals surface area contributed by atoms with E-state index in [0.717, 1.165) is 4.57 Å². The fraction of sp³-hybridized carbons (Fsp3) is 0.750. The quantitative estimate of drug-likeness (QED) is 0.158. The highest BCUT2D eigenvalue weighted by molar-refractivity contribution is 7.61. The van der Waals surface area contributed by atoms with E-state index in [1.807, 2.05) is 0 Å². The zero-order valence-corrected chi connectivity index (χ0v) is 19.9. The van der Waals surface area contributed by atoms with E-state index in [1.54, 1.807) is 0 Å². The minimum atomic E-state index is -5.34. The van der Waals surface area contributed by atoms with Crippen LogP contribution in [0.15, 0.2) is 15.8 Å². The van der Waals surface area contributed by atoms with Crippen molar-refractivity contribution in [3.63, 3.8) is 0 Å². The largest absolute Gasteiger partial charge is 0.483 e. The van der Waals surface area contributed by atoms with Crippen molar-refractivity contribution >= 4 is 15.6 Å². The van der Waals surface area contributed by atoms with Gasteiger partial charge in [0.25, 0.3) is 5.56 Å². The third kappa shape index (κ3) is 7.14. The minimum absolute atomic E-state index is 0.142. The lowest BCUT2D eigenvalue weighted by atomic mass is 10.0. The Morgan fingerprint density at radius 1 is 1.09 bits per heavy atom. The van der Waals surface area contributed by atoms with Crippen LogP contribution < -0.4 is 11.2 Å². The first-order valence-corrected chi connectivity index (χ1v) is 13.2. The summed E-state index contributed by atoms with van der Waals surface area (Å²) >= 11 is 0. The highest BCUT2D eigenvalue weighted by Gasteiger charge is 2.44. The van der Waals surface area contributed by atoms with Crippen molar-refractivity contribution in [3.8, 4) is 0 Å². The minimum Gasteiger partial charge on any atom is -0.394 e. The third-order valence-electron chi connectivity index (χ3n) is 5.23. The van der Waals surface area contributed by atoms with Crippen LogP contribution in [0.4, 0.5) is 0 Å². The number of aliphatic hydroxyl groups excluding tert-OH is 4. The normalized spacial score (nSPS) is 34.9. The second kappa shape index (κ2) is 11.0. The number of aliphatic hydroxyl groups is 4. The maximum absolute atomic E-state index is 12.2. The maximum atomic E-state index is 12.2. The number of aromatic amines is 1. The smallest absolute Gasteiger partial charge is 0.394 e. The van der Waals surface area contributed by atoms with E-state index in [1.165, 1.54) is 13.1 Å². The van der Waals surface area contributed by atoms with Crippen molar-refractivity contribution < 1.29 is 62.2 Å². The molecule has 3 heterocycles. The Kier molecular flexibility index (Phi) is 8.87. The average Bonchev–Trinajstić information content (AvgIpc) is 3.11. The van der Waals surface area contributed by atoms with Crippen LogP contribution in [-0.4, -0.2) is 89.8 Å². The number of hydrogen-bond acceptors (Lipinski definition) is 13. The van der Waals surface area contributed by atoms with Gasteiger partial charge in [0.2, 0.25) is 0 Å². The van der Waals surface area contributed by atoms with Crippen LogP contribution in [0.3, 0.4) is 0 Å². The molecule has 19 heteroatoms. The molecule has 0 saturated carbocycles. The molecule has 0 spiro atoms. The molecule has 2 aliphatic heterocycles. The molecule has 0 aromatic carbocycles. The summed E-state index contributed by atoms with van der Waals surface area (Å²) in [5.41, 5.74) is -1.21. The first-order chi connectivity index (χ1) is 16.2. The fourth-order valence-electron chi connectivity index (χ4n) is 3.46. The summed E-state index contributed by atoms with van der Waals surface area (Å²) in [4.78, 5) is 45.2. The van der Waals surface area contributed by atoms with Crippen molar-refractivity contribution in [3.05, 3.63) is 32.6 Å². The molecular formula is C16H26N2O15P2. The number of aromatic nitrogens is 2. The molecular weight excluding hydrogens is 522 g/mol. The Hall–Kier alpha value is -1.30. The van der Waals surface area contributed by atoms with E-state index in [0.29, 0.717) is 0 Å². The van der Waals surface area contributed by atoms with Crippen LogP contribution in [0.5, 0.6) is 0 Å². The molecule has 2 saturated heterocycles. The molecule has 0 bridgehead atoms. The number of nitrogens with one attached hydrogen (secondary N) is 1. The molecule has 35 heavy (non-hydrogen) atoms. The van der Waals surface area contributed by atoms with Gasteiger partial charge in [-0.1, -0.05) is 0 Å². The highest BCUT2D eigenvalue weighted by atomic mass is 31.3. The van der Waals surface area contributed by atoms with E-state index in [4.69, 9.17) is 14.6 Å². The predicted molar refractivity (Wildman–Crippen MR) is 111 cm³/mol. The summed E-state index contributed by atoms with van der Waals surface area (Å²) in [5.74, 6) is 0. The number of H-pyrrole nitrogens is 1. The lowest BCUT2D eigenvalue weighted by Crippen LogP contribution is -2.50. The first kappa shape index (κ1) is 28.3. The summed E-state index contributed by atoms with van der Waals surface area (Å²) in [6, 6.07) is 0. The van der Waals surface area contributed by atoms with E-state index in [-0.39, 0.29) is 12.0 Å². The van der Waals surface area contributed by atoms with Gasteiger partial charge in [0, 0.05) is 24.6 Å². The summed E-state index contributed by atoms with van der Waals surface area (Å²) < 4.78 is 49.1. The molecule has 1 aromatic heterocycles. The standard InChI is InChI=1S/C16H26N2O15P2/c1-7-4-18(16(24)17-15(7)23)12-2-8(20)11(30-12)6-29-34(25,26)33-35(27,28)32-13-3-9(21)14(22)10(5-19)31-13/h4,8-14,19-22H,2-3,5-6H2,1H3,(H,25,26)(H,27,28)(H,17,23,24)/t8-,9+,10+,11+,12+,13-,14-/m0/s1. The monoisotopic (exact) mass is 548 g/mol. The summed E-state index contributed by atoms with van der Waals surface area (Å²) in [5, 5.41) is 38.6. The van der Waals surface area contributed by atoms with Crippen LogP contribution in [0.2, 0.25) is 0 Å². The lowest BCUT2D eigenvalue weighted by Gasteiger charge is -2.36. The van der Waals surface area contributed by atoms with Crippen molar-refractivity contribution in [2.24, 2.45) is 0 Å². The number of rotatable bonds is 9. The first-order valence-electron chi connectivity index (χ1n) is 10.2. The van der Waals surface area contributed by atoms with Crippen LogP contribution in [-0.2, 0) is 32.0 Å². The zero-order chi connectivity index (χ0) is 26.1. The van der Waals surface area contributed by atoms with Crippen LogP contribution in [0.25, 0.3) is 0 Å². The second-order valence-electron chi connectivity index (χ2n) is 7.91. The number of hydrogen-bond donors (Lipinski definition) is 7. The number of aryl methyl sites for hydroxylation is 1. The van der Waals surface area contributed by atoms with Gasteiger partial charge in [0.05, 0.1) is 25.4 Å². The zero-order valence-electron chi connectivity index (χ0n) is 18.1. The molecule has 3 rings (SSSR count). The molecule has 0 amide bonds. The van der Waals surface area contributed by atoms with Crippen LogP contribution in [0.1, 0.15) is 24.6 Å². The predicted octanol–water partition coefficient (Wildman–Crippen LogP) is -2.43. The maximum Gasteiger partial charge on any atom is 0.483 e. The molecule has 0 radical (unpaired) electrons. The number of ether oxygens (including phenoxy) is 2. The van der Waals surface area contributed by atoms with Gasteiger partial charge >= 0.3 is 21.3 Å². The Labute approximate surface area is 196 Å². The molecule has 9 atom stereocenters. The van der Waals surface area contributed by atoms with Gasteiger partial charge in [-0.15, -0.1) is 0 Å². The van der Waals surface area contributed by atoms with E-state index in [2.05, 4.69) is 18.3 Å². The van der Waals surface area contributed by atoms with Crippen LogP contribution >= 0.6 is 15.6 Å². The van der Waals surface area contributed by atoms with Crippen molar-refractivity contribution in [1.82, 2.24) is 9.55 Å². The Morgan fingerprint density at radius 2 is 1.77 bits per heavy atom. The average molecular weight is 548 g/mol. The lowest BCUT2D eigenvalue weighted by molar-refractivity contribution is -0.233. The van der Waals surface area contributed by atoms with Gasteiger partial charge in [-0.3, -0.25) is 23.4 Å². The summed E-state index contributed by atoms with van der Waals surface area (Å²) in [7, 11) is -10.6. The van der Waals surface area contributed by atoms with Gasteiger partial charge in [0.1, 0.15) is 24.5 Å². The molecule has 2 unspecified atom stereocenters. The fourth-order valence-corrected chi connectivity index (χ4v) is 5.61. The molecule has 0 aliphatic carbocycles. The van der Waals surface area contributed by atoms with Gasteiger partial charge in [-0.05, 0) is 6.92 Å². The van der Waals surface area contributed by atoms with Crippen LogP contribution in [0, 0.1) is 6.92 Å². The van der Waals surface area contributed by atoms with Gasteiger partial charge in [-0.2, -0.15) is 4.31 Å². The molecule has 17 nitrogen and oxygen atoms in total. The number of phosphoric ester groups is 2. The van der Waals surface area contributed by atoms with Crippen molar-refractivity contribution in [2.75, 3.05) is 13.2 Å². The Morgan fingerprint density at radius 3 is 2.43 bits per heavy atom. The molecule has 2 aliphatic rings. The van der Waals surface area contributed by atoms with E-state index >= 15 is 0 Å². The third-order valence-corrected chi connectivity index (χ3v) is 7.86. The van der Waals surface area contributed by atoms with Gasteiger partial charge < -0.3 is 39.7 Å². The number of nitrogens with zero attached hydrogens (tertiary/aromatic N) is 1. The molecule has 200 valence electrons. The number of phosphoric acid groups is 2. The summed E-state index contributed by atoms with van der Waals surface area (Å²) in [6.45, 7) is -0.119. The summed E-state index contributed by atoms with van der Waals surface area (Å²) in [6.07, 6.45) is -9.05. The topological polar surface area (TPSA) is 257 Å². The van der Waals surface area contributed by atoms with Crippen molar-refractivity contribution in [1.29, 1.82) is 0 Å². The van der Waals surface area contributed by atoms with Crippen molar-refractivity contribution in [2.45, 2.75) is 62.8 Å². The second-order valence-corrected chi connectivity index (χ2v) is 10.9. The molecule has 7 N–H and O–H groups in total. The highest BCUT2D eigenvalue weighted by Crippen LogP contribution is 2.61. The van der Waals surface area contributed by atoms with Gasteiger partial charge in [0.15, 0.2) is 6.29 Å². The molecule has 2 fully saturated rings. The Balaban J connectivity index is 1.57. The van der Waals surface area contributed by atoms with E-state index < -0.39 is 89.6 Å². The van der Waals surface area contributed by atoms with E-state index in [9.17, 15) is 43.8 Å².